The molecule has 0 atom stereocenters. The molecule has 0 spiro atoms. The highest BCUT2D eigenvalue weighted by Crippen LogP contribution is 2.30. The maximum Gasteiger partial charge on any atom is 0.229 e. The molecule has 21 heavy (non-hydrogen) atoms. The fourth-order valence-corrected chi connectivity index (χ4v) is 1.71. The molecule has 0 fully saturated rings. The Morgan fingerprint density at radius 3 is 2.38 bits per heavy atom. The van der Waals surface area contributed by atoms with Crippen molar-refractivity contribution in [2.45, 2.75) is 33.2 Å². The highest BCUT2D eigenvalue weighted by atomic mass is 19.1. The van der Waals surface area contributed by atoms with E-state index in [1.165, 1.54) is 6.07 Å². The van der Waals surface area contributed by atoms with Crippen LogP contribution in [0.3, 0.4) is 0 Å². The third kappa shape index (κ3) is 4.17. The molecule has 4 nitrogen and oxygen atoms in total. The van der Waals surface area contributed by atoms with E-state index in [2.05, 4.69) is 0 Å². The summed E-state index contributed by atoms with van der Waals surface area (Å²) in [5.74, 6) is -0.279. The van der Waals surface area contributed by atoms with Crippen LogP contribution in [0.2, 0.25) is 0 Å². The Labute approximate surface area is 126 Å². The van der Waals surface area contributed by atoms with Gasteiger partial charge in [-0.15, -0.1) is 0 Å². The van der Waals surface area contributed by atoms with Crippen LogP contribution in [0.1, 0.15) is 27.7 Å². The number of halogens is 1. The number of likely N-dealkylation sites (N-methyl/N-ethyl adjacent to an activating group) is 1. The molecule has 0 heterocycles. The van der Waals surface area contributed by atoms with Gasteiger partial charge in [0, 0.05) is 12.6 Å². The summed E-state index contributed by atoms with van der Waals surface area (Å²) in [5.41, 5.74) is 4.73. The molecule has 1 aromatic carbocycles. The first kappa shape index (κ1) is 17.4. The standard InChI is InChI=1S/C16H25FN2O2/c1-15(2,16(3,4)18)14(20)19(5)10-11-21-13-9-7-6-8-12(13)17/h6-9H,10-11,18H2,1-5H3. The molecule has 0 radical (unpaired) electrons. The minimum atomic E-state index is -0.695. The second kappa shape index (κ2) is 6.43. The van der Waals surface area contributed by atoms with Crippen LogP contribution < -0.4 is 10.5 Å². The van der Waals surface area contributed by atoms with Crippen LogP contribution in [-0.4, -0.2) is 36.5 Å². The first-order valence-corrected chi connectivity index (χ1v) is 6.99. The van der Waals surface area contributed by atoms with E-state index in [4.69, 9.17) is 10.5 Å². The summed E-state index contributed by atoms with van der Waals surface area (Å²) in [6.45, 7) is 7.90. The van der Waals surface area contributed by atoms with E-state index < -0.39 is 16.8 Å². The molecule has 0 aliphatic rings. The van der Waals surface area contributed by atoms with Crippen molar-refractivity contribution in [3.8, 4) is 5.75 Å². The summed E-state index contributed by atoms with van der Waals surface area (Å²) in [4.78, 5) is 14.0. The van der Waals surface area contributed by atoms with Crippen LogP contribution in [0.4, 0.5) is 4.39 Å². The van der Waals surface area contributed by atoms with E-state index in [-0.39, 0.29) is 18.3 Å². The number of rotatable bonds is 6. The Morgan fingerprint density at radius 2 is 1.86 bits per heavy atom. The summed E-state index contributed by atoms with van der Waals surface area (Å²) in [5, 5.41) is 0. The van der Waals surface area contributed by atoms with Crippen molar-refractivity contribution < 1.29 is 13.9 Å². The summed E-state index contributed by atoms with van der Waals surface area (Å²) >= 11 is 0. The van der Waals surface area contributed by atoms with Gasteiger partial charge in [0.25, 0.3) is 0 Å². The number of para-hydroxylation sites is 1. The molecule has 0 aliphatic carbocycles. The van der Waals surface area contributed by atoms with E-state index in [0.717, 1.165) is 0 Å². The molecular weight excluding hydrogens is 271 g/mol. The molecular formula is C16H25FN2O2. The number of ether oxygens (including phenoxy) is 1. The number of amides is 1. The van der Waals surface area contributed by atoms with Gasteiger partial charge in [-0.05, 0) is 39.8 Å². The topological polar surface area (TPSA) is 55.6 Å². The summed E-state index contributed by atoms with van der Waals surface area (Å²) in [6, 6.07) is 6.20. The molecule has 0 unspecified atom stereocenters. The lowest BCUT2D eigenvalue weighted by Gasteiger charge is -2.39. The van der Waals surface area contributed by atoms with Crippen molar-refractivity contribution >= 4 is 5.91 Å². The SMILES string of the molecule is CN(CCOc1ccccc1F)C(=O)C(C)(C)C(C)(C)N. The molecule has 0 bridgehead atoms. The van der Waals surface area contributed by atoms with Crippen molar-refractivity contribution in [2.24, 2.45) is 11.1 Å². The number of hydrogen-bond acceptors (Lipinski definition) is 3. The Kier molecular flexibility index (Phi) is 5.34. The van der Waals surface area contributed by atoms with E-state index >= 15 is 0 Å². The van der Waals surface area contributed by atoms with Gasteiger partial charge in [0.2, 0.25) is 5.91 Å². The second-order valence-electron chi connectivity index (χ2n) is 6.35. The fourth-order valence-electron chi connectivity index (χ4n) is 1.71. The smallest absolute Gasteiger partial charge is 0.229 e. The van der Waals surface area contributed by atoms with E-state index in [1.54, 1.807) is 30.1 Å². The predicted molar refractivity (Wildman–Crippen MR) is 81.6 cm³/mol. The van der Waals surface area contributed by atoms with Gasteiger partial charge in [-0.2, -0.15) is 0 Å². The monoisotopic (exact) mass is 296 g/mol. The maximum atomic E-state index is 13.4. The van der Waals surface area contributed by atoms with Gasteiger partial charge in [0.15, 0.2) is 11.6 Å². The van der Waals surface area contributed by atoms with Crippen molar-refractivity contribution in [3.63, 3.8) is 0 Å². The lowest BCUT2D eigenvalue weighted by molar-refractivity contribution is -0.142. The number of carbonyl (C=O) groups excluding carboxylic acids is 1. The molecule has 5 heteroatoms. The molecule has 0 aliphatic heterocycles. The number of nitrogens with zero attached hydrogens (tertiary/aromatic N) is 1. The van der Waals surface area contributed by atoms with Gasteiger partial charge >= 0.3 is 0 Å². The van der Waals surface area contributed by atoms with Crippen molar-refractivity contribution in [1.82, 2.24) is 4.90 Å². The third-order valence-corrected chi connectivity index (χ3v) is 4.01. The number of benzene rings is 1. The number of carbonyl (C=O) groups is 1. The molecule has 1 rings (SSSR count). The predicted octanol–water partition coefficient (Wildman–Crippen LogP) is 2.43. The minimum absolute atomic E-state index is 0.0628. The molecule has 0 aromatic heterocycles. The Bertz CT molecular complexity index is 495. The lowest BCUT2D eigenvalue weighted by Crippen LogP contribution is -2.56. The van der Waals surface area contributed by atoms with Crippen LogP contribution in [0.25, 0.3) is 0 Å². The fraction of sp³-hybridized carbons (Fsp3) is 0.562. The van der Waals surface area contributed by atoms with Crippen LogP contribution in [0.15, 0.2) is 24.3 Å². The molecule has 0 saturated heterocycles. The molecule has 1 aromatic rings. The average Bonchev–Trinajstić information content (AvgIpc) is 2.38. The Morgan fingerprint density at radius 1 is 1.29 bits per heavy atom. The van der Waals surface area contributed by atoms with Gasteiger partial charge in [-0.1, -0.05) is 12.1 Å². The number of hydrogen-bond donors (Lipinski definition) is 1. The quantitative estimate of drug-likeness (QED) is 0.877. The van der Waals surface area contributed by atoms with Crippen molar-refractivity contribution in [2.75, 3.05) is 20.2 Å². The highest BCUT2D eigenvalue weighted by Gasteiger charge is 2.41. The zero-order valence-corrected chi connectivity index (χ0v) is 13.4. The van der Waals surface area contributed by atoms with Gasteiger partial charge in [-0.3, -0.25) is 4.79 Å². The minimum Gasteiger partial charge on any atom is -0.489 e. The van der Waals surface area contributed by atoms with Crippen LogP contribution in [-0.2, 0) is 4.79 Å². The summed E-state index contributed by atoms with van der Waals surface area (Å²) < 4.78 is 18.8. The van der Waals surface area contributed by atoms with E-state index in [1.807, 2.05) is 27.7 Å². The molecule has 2 N–H and O–H groups in total. The number of nitrogens with two attached hydrogens (primary N) is 1. The zero-order chi connectivity index (χ0) is 16.3. The maximum absolute atomic E-state index is 13.4. The first-order valence-electron chi connectivity index (χ1n) is 6.99. The molecule has 0 saturated carbocycles. The van der Waals surface area contributed by atoms with Crippen LogP contribution >= 0.6 is 0 Å². The molecule has 1 amide bonds. The molecule has 118 valence electrons. The highest BCUT2D eigenvalue weighted by molar-refractivity contribution is 5.83. The van der Waals surface area contributed by atoms with Crippen molar-refractivity contribution in [3.05, 3.63) is 30.1 Å². The van der Waals surface area contributed by atoms with Gasteiger partial charge in [0.05, 0.1) is 12.0 Å². The van der Waals surface area contributed by atoms with E-state index in [9.17, 15) is 9.18 Å². The summed E-state index contributed by atoms with van der Waals surface area (Å²) in [6.07, 6.45) is 0. The summed E-state index contributed by atoms with van der Waals surface area (Å²) in [7, 11) is 1.69. The lowest BCUT2D eigenvalue weighted by atomic mass is 9.74. The van der Waals surface area contributed by atoms with Crippen LogP contribution in [0.5, 0.6) is 5.75 Å². The average molecular weight is 296 g/mol. The third-order valence-electron chi connectivity index (χ3n) is 4.01. The van der Waals surface area contributed by atoms with Gasteiger partial charge < -0.3 is 15.4 Å². The Hall–Kier alpha value is -1.62. The van der Waals surface area contributed by atoms with Gasteiger partial charge in [-0.25, -0.2) is 4.39 Å². The Balaban J connectivity index is 2.57. The van der Waals surface area contributed by atoms with Crippen molar-refractivity contribution in [1.29, 1.82) is 0 Å². The van der Waals surface area contributed by atoms with E-state index in [0.29, 0.717) is 6.54 Å². The van der Waals surface area contributed by atoms with Gasteiger partial charge in [0.1, 0.15) is 6.61 Å². The largest absolute Gasteiger partial charge is 0.489 e. The zero-order valence-electron chi connectivity index (χ0n) is 13.4. The second-order valence-corrected chi connectivity index (χ2v) is 6.35. The van der Waals surface area contributed by atoms with Crippen LogP contribution in [0, 0.1) is 11.2 Å². The normalized spacial score (nSPS) is 12.1. The first-order chi connectivity index (χ1) is 9.57.